The Bertz CT molecular complexity index is 1260. The average molecular weight is 551 g/mol. The number of alkyl halides is 3. The number of benzene rings is 1. The summed E-state index contributed by atoms with van der Waals surface area (Å²) in [6, 6.07) is 7.57. The van der Waals surface area contributed by atoms with Crippen molar-refractivity contribution in [3.8, 4) is 17.3 Å². The summed E-state index contributed by atoms with van der Waals surface area (Å²) in [4.78, 5) is 26.7. The Hall–Kier alpha value is -3.64. The van der Waals surface area contributed by atoms with E-state index in [9.17, 15) is 18.0 Å². The third kappa shape index (κ3) is 6.25. The smallest absolute Gasteiger partial charge is 0.416 e. The number of likely N-dealkylation sites (N-methyl/N-ethyl adjacent to an activating group) is 1. The number of amides is 1. The standard InChI is InChI=1S/C17H15ClF3N3.C8H11N3O3/c1-23-12-5-6-24(9-12)14-8-13(18)15(22-16(14)23)10-3-2-4-11(7-10)17(19,20)21;12-2-1-3-14-8-9-4-7(5-10-8)11-6-13/h2-4,7-8,12H,5-6,9H2,1H3;4-6,12H,1-3H2,(H,11,13). The normalized spacial score (nSPS) is 15.9. The predicted octanol–water partition coefficient (Wildman–Crippen LogP) is 4.26. The van der Waals surface area contributed by atoms with Gasteiger partial charge >= 0.3 is 12.2 Å². The lowest BCUT2D eigenvalue weighted by Gasteiger charge is -2.35. The third-order valence-corrected chi connectivity index (χ3v) is 6.46. The Morgan fingerprint density at radius 1 is 1.26 bits per heavy atom. The highest BCUT2D eigenvalue weighted by Crippen LogP contribution is 2.42. The predicted molar refractivity (Wildman–Crippen MR) is 138 cm³/mol. The van der Waals surface area contributed by atoms with Crippen molar-refractivity contribution in [1.29, 1.82) is 0 Å². The first-order valence-electron chi connectivity index (χ1n) is 11.8. The monoisotopic (exact) mass is 550 g/mol. The molecule has 1 saturated heterocycles. The number of fused-ring (bicyclic) bond motifs is 4. The van der Waals surface area contributed by atoms with E-state index in [1.165, 1.54) is 18.5 Å². The van der Waals surface area contributed by atoms with Gasteiger partial charge < -0.3 is 25.0 Å². The van der Waals surface area contributed by atoms with Crippen LogP contribution >= 0.6 is 11.6 Å². The number of aliphatic hydroxyl groups is 1. The summed E-state index contributed by atoms with van der Waals surface area (Å²) in [5.41, 5.74) is 1.52. The van der Waals surface area contributed by atoms with Crippen LogP contribution in [0, 0.1) is 0 Å². The number of nitrogens with one attached hydrogen (secondary N) is 1. The Balaban J connectivity index is 0.000000206. The summed E-state index contributed by atoms with van der Waals surface area (Å²) in [5, 5.41) is 11.3. The molecule has 0 spiro atoms. The van der Waals surface area contributed by atoms with E-state index >= 15 is 0 Å². The molecule has 2 N–H and O–H groups in total. The van der Waals surface area contributed by atoms with Crippen LogP contribution in [0.15, 0.2) is 42.7 Å². The van der Waals surface area contributed by atoms with E-state index in [0.29, 0.717) is 47.4 Å². The first-order valence-corrected chi connectivity index (χ1v) is 12.2. The number of aromatic nitrogens is 3. The van der Waals surface area contributed by atoms with Gasteiger partial charge in [-0.2, -0.15) is 13.2 Å². The number of pyridine rings is 1. The van der Waals surface area contributed by atoms with Crippen molar-refractivity contribution in [3.63, 3.8) is 0 Å². The zero-order valence-electron chi connectivity index (χ0n) is 20.5. The molecule has 2 aromatic heterocycles. The minimum Gasteiger partial charge on any atom is -0.463 e. The molecule has 1 unspecified atom stereocenters. The van der Waals surface area contributed by atoms with Crippen molar-refractivity contribution in [2.75, 3.05) is 48.5 Å². The van der Waals surface area contributed by atoms with E-state index in [2.05, 4.69) is 30.1 Å². The van der Waals surface area contributed by atoms with Gasteiger partial charge in [0.2, 0.25) is 6.41 Å². The van der Waals surface area contributed by atoms with Crippen LogP contribution < -0.4 is 19.9 Å². The molecule has 0 aliphatic carbocycles. The lowest BCUT2D eigenvalue weighted by molar-refractivity contribution is -0.137. The zero-order valence-corrected chi connectivity index (χ0v) is 21.2. The second kappa shape index (κ2) is 11.8. The number of halogens is 4. The molecule has 1 fully saturated rings. The molecule has 1 atom stereocenters. The number of carbonyl (C=O) groups excluding carboxylic acids is 1. The van der Waals surface area contributed by atoms with E-state index < -0.39 is 11.7 Å². The summed E-state index contributed by atoms with van der Waals surface area (Å²) in [5.74, 6) is 0.778. The molecule has 0 radical (unpaired) electrons. The maximum absolute atomic E-state index is 13.0. The van der Waals surface area contributed by atoms with Gasteiger partial charge in [0.25, 0.3) is 0 Å². The van der Waals surface area contributed by atoms with Gasteiger partial charge in [-0.1, -0.05) is 23.7 Å². The van der Waals surface area contributed by atoms with Crippen molar-refractivity contribution < 1.29 is 27.8 Å². The molecule has 5 rings (SSSR count). The summed E-state index contributed by atoms with van der Waals surface area (Å²) < 4.78 is 44.0. The van der Waals surface area contributed by atoms with Crippen LogP contribution in [-0.4, -0.2) is 65.9 Å². The van der Waals surface area contributed by atoms with Crippen LogP contribution in [0.4, 0.5) is 30.4 Å². The zero-order chi connectivity index (χ0) is 27.3. The summed E-state index contributed by atoms with van der Waals surface area (Å²) in [6.07, 6.45) is 0.621. The summed E-state index contributed by atoms with van der Waals surface area (Å²) in [6.45, 7) is 2.33. The van der Waals surface area contributed by atoms with Gasteiger partial charge in [-0.15, -0.1) is 0 Å². The molecule has 1 aromatic carbocycles. The third-order valence-electron chi connectivity index (χ3n) is 6.17. The van der Waals surface area contributed by atoms with E-state index in [4.69, 9.17) is 21.4 Å². The molecule has 1 amide bonds. The van der Waals surface area contributed by atoms with E-state index in [0.717, 1.165) is 43.1 Å². The van der Waals surface area contributed by atoms with Crippen LogP contribution in [0.1, 0.15) is 18.4 Å². The lowest BCUT2D eigenvalue weighted by Crippen LogP contribution is -2.40. The summed E-state index contributed by atoms with van der Waals surface area (Å²) in [7, 11) is 1.98. The SMILES string of the molecule is CN1c2nc(-c3cccc(C(F)(F)F)c3)c(Cl)cc2N2CCC1C2.O=CNc1cnc(OCCCO)nc1. The molecule has 9 nitrogen and oxygen atoms in total. The second-order valence-corrected chi connectivity index (χ2v) is 9.09. The van der Waals surface area contributed by atoms with Crippen molar-refractivity contribution in [3.05, 3.63) is 53.3 Å². The first-order chi connectivity index (χ1) is 18.2. The van der Waals surface area contributed by atoms with Crippen molar-refractivity contribution >= 4 is 35.2 Å². The minimum atomic E-state index is -4.39. The Labute approximate surface area is 222 Å². The minimum absolute atomic E-state index is 0.0742. The number of hydrogen-bond acceptors (Lipinski definition) is 8. The molecule has 4 heterocycles. The molecule has 2 bridgehead atoms. The van der Waals surface area contributed by atoms with Gasteiger partial charge in [-0.25, -0.2) is 15.0 Å². The maximum Gasteiger partial charge on any atom is 0.416 e. The maximum atomic E-state index is 13.0. The van der Waals surface area contributed by atoms with Gasteiger partial charge in [-0.3, -0.25) is 4.79 Å². The van der Waals surface area contributed by atoms with Crippen LogP contribution in [0.3, 0.4) is 0 Å². The van der Waals surface area contributed by atoms with Gasteiger partial charge in [0.05, 0.1) is 46.7 Å². The fourth-order valence-electron chi connectivity index (χ4n) is 4.22. The molecular weight excluding hydrogens is 525 g/mol. The van der Waals surface area contributed by atoms with E-state index in [1.807, 2.05) is 13.1 Å². The number of nitrogens with zero attached hydrogens (tertiary/aromatic N) is 5. The Morgan fingerprint density at radius 2 is 2.03 bits per heavy atom. The number of carbonyl (C=O) groups is 1. The fraction of sp³-hybridized carbons (Fsp3) is 0.360. The highest BCUT2D eigenvalue weighted by Gasteiger charge is 2.36. The average Bonchev–Trinajstić information content (AvgIpc) is 3.35. The van der Waals surface area contributed by atoms with Gasteiger partial charge in [0.15, 0.2) is 5.82 Å². The van der Waals surface area contributed by atoms with Gasteiger partial charge in [-0.05, 0) is 24.6 Å². The number of anilines is 3. The van der Waals surface area contributed by atoms with Gasteiger partial charge in [0, 0.05) is 44.8 Å². The topological polar surface area (TPSA) is 104 Å². The molecule has 202 valence electrons. The molecule has 3 aromatic rings. The Kier molecular flexibility index (Phi) is 8.52. The lowest BCUT2D eigenvalue weighted by atomic mass is 10.1. The van der Waals surface area contributed by atoms with Crippen LogP contribution in [0.5, 0.6) is 6.01 Å². The second-order valence-electron chi connectivity index (χ2n) is 8.68. The highest BCUT2D eigenvalue weighted by atomic mass is 35.5. The fourth-order valence-corrected chi connectivity index (χ4v) is 4.47. The number of rotatable bonds is 7. The molecule has 2 aliphatic heterocycles. The van der Waals surface area contributed by atoms with Crippen molar-refractivity contribution in [1.82, 2.24) is 15.0 Å². The highest BCUT2D eigenvalue weighted by molar-refractivity contribution is 6.33. The van der Waals surface area contributed by atoms with E-state index in [-0.39, 0.29) is 12.6 Å². The molecule has 0 saturated carbocycles. The molecular formula is C25H26ClF3N6O3. The molecule has 2 aliphatic rings. The van der Waals surface area contributed by atoms with Crippen LogP contribution in [-0.2, 0) is 11.0 Å². The number of hydrogen-bond donors (Lipinski definition) is 2. The molecule has 38 heavy (non-hydrogen) atoms. The number of aliphatic hydroxyl groups excluding tert-OH is 1. The largest absolute Gasteiger partial charge is 0.463 e. The summed E-state index contributed by atoms with van der Waals surface area (Å²) >= 11 is 6.36. The van der Waals surface area contributed by atoms with Crippen LogP contribution in [0.2, 0.25) is 5.02 Å². The van der Waals surface area contributed by atoms with Crippen molar-refractivity contribution in [2.45, 2.75) is 25.1 Å². The Morgan fingerprint density at radius 3 is 2.71 bits per heavy atom. The van der Waals surface area contributed by atoms with Crippen molar-refractivity contribution in [2.24, 2.45) is 0 Å². The molecule has 13 heteroatoms. The first kappa shape index (κ1) is 27.4. The van der Waals surface area contributed by atoms with Crippen LogP contribution in [0.25, 0.3) is 11.3 Å². The quantitative estimate of drug-likeness (QED) is 0.332. The van der Waals surface area contributed by atoms with Gasteiger partial charge in [0.1, 0.15) is 0 Å². The number of ether oxygens (including phenoxy) is 1. The van der Waals surface area contributed by atoms with E-state index in [1.54, 1.807) is 6.07 Å².